The van der Waals surface area contributed by atoms with E-state index < -0.39 is 22.5 Å². The first-order valence-electron chi connectivity index (χ1n) is 8.37. The average Bonchev–Trinajstić information content (AvgIpc) is 3.08. The van der Waals surface area contributed by atoms with Crippen molar-refractivity contribution in [3.05, 3.63) is 17.5 Å². The SMILES string of the molecule is CN(Cc1cc([C@@H]2CC3(CC3)[C@@H]3CN2C(=O)N3OS(=O)(=O)O)no1)C(=N)N. The van der Waals surface area contributed by atoms with Gasteiger partial charge in [-0.3, -0.25) is 9.96 Å². The summed E-state index contributed by atoms with van der Waals surface area (Å²) in [5, 5.41) is 12.2. The molecule has 1 saturated carbocycles. The number of aromatic nitrogens is 1. The average molecular weight is 400 g/mol. The summed E-state index contributed by atoms with van der Waals surface area (Å²) in [6.07, 6.45) is 2.26. The van der Waals surface area contributed by atoms with Gasteiger partial charge in [-0.1, -0.05) is 5.16 Å². The summed E-state index contributed by atoms with van der Waals surface area (Å²) in [5.74, 6) is 0.380. The molecule has 2 atom stereocenters. The first-order valence-corrected chi connectivity index (χ1v) is 9.74. The van der Waals surface area contributed by atoms with Gasteiger partial charge in [0.1, 0.15) is 5.69 Å². The molecule has 2 bridgehead atoms. The van der Waals surface area contributed by atoms with Gasteiger partial charge in [-0.15, -0.1) is 4.28 Å². The lowest BCUT2D eigenvalue weighted by Gasteiger charge is -2.35. The van der Waals surface area contributed by atoms with Gasteiger partial charge in [0.2, 0.25) is 0 Å². The Morgan fingerprint density at radius 3 is 2.89 bits per heavy atom. The highest BCUT2D eigenvalue weighted by molar-refractivity contribution is 7.80. The van der Waals surface area contributed by atoms with Crippen molar-refractivity contribution in [2.45, 2.75) is 37.9 Å². The second-order valence-electron chi connectivity index (χ2n) is 7.32. The lowest BCUT2D eigenvalue weighted by molar-refractivity contribution is -0.0527. The second kappa shape index (κ2) is 5.81. The lowest BCUT2D eigenvalue weighted by atomic mass is 9.84. The normalized spacial score (nSPS) is 25.9. The second-order valence-corrected chi connectivity index (χ2v) is 8.33. The highest BCUT2D eigenvalue weighted by atomic mass is 32.3. The molecule has 2 amide bonds. The fourth-order valence-electron chi connectivity index (χ4n) is 3.96. The number of amides is 2. The van der Waals surface area contributed by atoms with Gasteiger partial charge >= 0.3 is 16.4 Å². The first-order chi connectivity index (χ1) is 12.6. The van der Waals surface area contributed by atoms with Crippen LogP contribution in [0.15, 0.2) is 10.6 Å². The molecule has 1 aromatic heterocycles. The number of fused-ring (bicyclic) bond motifs is 3. The molecular formula is C14H20N6O6S. The predicted molar refractivity (Wildman–Crippen MR) is 89.3 cm³/mol. The van der Waals surface area contributed by atoms with E-state index in [4.69, 9.17) is 20.2 Å². The van der Waals surface area contributed by atoms with Gasteiger partial charge in [0.05, 0.1) is 18.6 Å². The van der Waals surface area contributed by atoms with E-state index in [1.54, 1.807) is 13.1 Å². The van der Waals surface area contributed by atoms with Crippen molar-refractivity contribution in [2.24, 2.45) is 11.1 Å². The first kappa shape index (κ1) is 18.0. The van der Waals surface area contributed by atoms with E-state index in [1.165, 1.54) is 9.80 Å². The number of hydroxylamine groups is 2. The molecule has 4 N–H and O–H groups in total. The Bertz CT molecular complexity index is 896. The molecule has 3 aliphatic rings. The van der Waals surface area contributed by atoms with Gasteiger partial charge in [0.15, 0.2) is 11.7 Å². The van der Waals surface area contributed by atoms with Crippen LogP contribution in [0.5, 0.6) is 0 Å². The van der Waals surface area contributed by atoms with Crippen LogP contribution in [0.4, 0.5) is 4.79 Å². The van der Waals surface area contributed by atoms with E-state index >= 15 is 0 Å². The summed E-state index contributed by atoms with van der Waals surface area (Å²) in [4.78, 5) is 15.6. The largest absolute Gasteiger partial charge is 0.418 e. The number of rotatable bonds is 5. The van der Waals surface area contributed by atoms with E-state index in [2.05, 4.69) is 9.44 Å². The molecule has 2 aliphatic heterocycles. The van der Waals surface area contributed by atoms with Crippen LogP contribution in [0.3, 0.4) is 0 Å². The van der Waals surface area contributed by atoms with Crippen molar-refractivity contribution >= 4 is 22.4 Å². The third kappa shape index (κ3) is 3.11. The Morgan fingerprint density at radius 2 is 2.30 bits per heavy atom. The molecule has 27 heavy (non-hydrogen) atoms. The fraction of sp³-hybridized carbons (Fsp3) is 0.643. The minimum Gasteiger partial charge on any atom is -0.370 e. The lowest BCUT2D eigenvalue weighted by Crippen LogP contribution is -2.43. The van der Waals surface area contributed by atoms with E-state index in [0.717, 1.165) is 17.9 Å². The summed E-state index contributed by atoms with van der Waals surface area (Å²) < 4.78 is 41.1. The molecule has 0 aromatic carbocycles. The van der Waals surface area contributed by atoms with Crippen LogP contribution in [0.2, 0.25) is 0 Å². The van der Waals surface area contributed by atoms with E-state index in [-0.39, 0.29) is 30.5 Å². The quantitative estimate of drug-likeness (QED) is 0.352. The number of hydrogen-bond donors (Lipinski definition) is 3. The Kier molecular flexibility index (Phi) is 3.87. The van der Waals surface area contributed by atoms with Crippen molar-refractivity contribution in [1.29, 1.82) is 5.41 Å². The van der Waals surface area contributed by atoms with Gasteiger partial charge in [0, 0.05) is 19.7 Å². The minimum atomic E-state index is -4.79. The summed E-state index contributed by atoms with van der Waals surface area (Å²) in [6.45, 7) is 0.545. The predicted octanol–water partition coefficient (Wildman–Crippen LogP) is 0.0655. The Balaban J connectivity index is 1.58. The van der Waals surface area contributed by atoms with Crippen molar-refractivity contribution < 1.29 is 26.6 Å². The number of piperidine rings is 1. The van der Waals surface area contributed by atoms with Gasteiger partial charge in [-0.25, -0.2) is 4.79 Å². The molecule has 0 radical (unpaired) electrons. The van der Waals surface area contributed by atoms with Crippen LogP contribution in [0.1, 0.15) is 36.8 Å². The van der Waals surface area contributed by atoms with Gasteiger partial charge < -0.3 is 20.1 Å². The third-order valence-corrected chi connectivity index (χ3v) is 5.91. The van der Waals surface area contributed by atoms with E-state index in [1.807, 2.05) is 0 Å². The van der Waals surface area contributed by atoms with Crippen LogP contribution in [0, 0.1) is 10.8 Å². The molecule has 1 aromatic rings. The third-order valence-electron chi connectivity index (χ3n) is 5.56. The number of carbonyl (C=O) groups excluding carboxylic acids is 1. The van der Waals surface area contributed by atoms with Gasteiger partial charge in [-0.2, -0.15) is 13.5 Å². The number of hydrogen-bond acceptors (Lipinski definition) is 7. The number of carbonyl (C=O) groups is 1. The zero-order valence-corrected chi connectivity index (χ0v) is 15.3. The van der Waals surface area contributed by atoms with Crippen LogP contribution < -0.4 is 5.73 Å². The molecule has 3 fully saturated rings. The zero-order chi connectivity index (χ0) is 19.6. The summed E-state index contributed by atoms with van der Waals surface area (Å²) in [6, 6.07) is 0.265. The Morgan fingerprint density at radius 1 is 1.59 bits per heavy atom. The van der Waals surface area contributed by atoms with Crippen molar-refractivity contribution in [3.63, 3.8) is 0 Å². The number of nitrogens with zero attached hydrogens (tertiary/aromatic N) is 4. The summed E-state index contributed by atoms with van der Waals surface area (Å²) in [7, 11) is -3.15. The topological polar surface area (TPSA) is 166 Å². The highest BCUT2D eigenvalue weighted by Gasteiger charge is 2.64. The summed E-state index contributed by atoms with van der Waals surface area (Å²) >= 11 is 0. The van der Waals surface area contributed by atoms with Crippen molar-refractivity contribution in [2.75, 3.05) is 13.6 Å². The standard InChI is InChI=1S/C14H20N6O6S/c1-18(12(15)16)6-8-4-9(17-25-8)10-5-14(2-3-14)11-7-19(10)13(21)20(11)26-27(22,23)24/h4,10-11H,2-3,5-7H2,1H3,(H3,15,16)(H,22,23,24)/t10-,11-/m0/s1. The van der Waals surface area contributed by atoms with Gasteiger partial charge in [0.25, 0.3) is 0 Å². The molecule has 0 unspecified atom stereocenters. The maximum atomic E-state index is 12.7. The number of nitrogens with one attached hydrogen (secondary N) is 1. The monoisotopic (exact) mass is 400 g/mol. The molecule has 1 aliphatic carbocycles. The Hall–Kier alpha value is -2.38. The molecule has 4 rings (SSSR count). The molecule has 148 valence electrons. The zero-order valence-electron chi connectivity index (χ0n) is 14.5. The van der Waals surface area contributed by atoms with Crippen LogP contribution in [-0.4, -0.2) is 64.6 Å². The number of nitrogens with two attached hydrogens (primary N) is 1. The fourth-order valence-corrected chi connectivity index (χ4v) is 4.33. The number of guanidine groups is 1. The van der Waals surface area contributed by atoms with Crippen molar-refractivity contribution in [3.8, 4) is 0 Å². The Labute approximate surface area is 155 Å². The molecule has 2 saturated heterocycles. The molecule has 12 nitrogen and oxygen atoms in total. The van der Waals surface area contributed by atoms with E-state index in [9.17, 15) is 13.2 Å². The minimum absolute atomic E-state index is 0.113. The van der Waals surface area contributed by atoms with Crippen molar-refractivity contribution in [1.82, 2.24) is 20.0 Å². The highest BCUT2D eigenvalue weighted by Crippen LogP contribution is 2.61. The van der Waals surface area contributed by atoms with Crippen LogP contribution in [-0.2, 0) is 21.2 Å². The maximum absolute atomic E-state index is 12.7. The van der Waals surface area contributed by atoms with Crippen LogP contribution >= 0.6 is 0 Å². The molecule has 13 heteroatoms. The maximum Gasteiger partial charge on any atom is 0.418 e. The van der Waals surface area contributed by atoms with Crippen LogP contribution in [0.25, 0.3) is 0 Å². The smallest absolute Gasteiger partial charge is 0.370 e. The molecule has 1 spiro atoms. The van der Waals surface area contributed by atoms with Gasteiger partial charge in [-0.05, 0) is 24.7 Å². The molecule has 3 heterocycles. The summed E-state index contributed by atoms with van der Waals surface area (Å²) in [5.41, 5.74) is 5.71. The van der Waals surface area contributed by atoms with E-state index in [0.29, 0.717) is 17.9 Å². The number of urea groups is 1. The molecular weight excluding hydrogens is 380 g/mol.